The van der Waals surface area contributed by atoms with Crippen molar-refractivity contribution in [1.82, 2.24) is 4.72 Å². The Bertz CT molecular complexity index is 1010. The Balaban J connectivity index is 2.01. The predicted octanol–water partition coefficient (Wildman–Crippen LogP) is 1.91. The topological polar surface area (TPSA) is 115 Å². The van der Waals surface area contributed by atoms with Crippen LogP contribution in [0.25, 0.3) is 0 Å². The second kappa shape index (κ2) is 9.21. The number of nitriles is 1. The van der Waals surface area contributed by atoms with Gasteiger partial charge in [-0.15, -0.1) is 0 Å². The van der Waals surface area contributed by atoms with Gasteiger partial charge in [0.25, 0.3) is 0 Å². The van der Waals surface area contributed by atoms with Gasteiger partial charge >= 0.3 is 5.97 Å². The third-order valence-corrected chi connectivity index (χ3v) is 5.39. The van der Waals surface area contributed by atoms with Crippen molar-refractivity contribution in [3.05, 3.63) is 53.1 Å². The van der Waals surface area contributed by atoms with E-state index in [1.54, 1.807) is 24.3 Å². The van der Waals surface area contributed by atoms with Gasteiger partial charge in [-0.2, -0.15) is 9.98 Å². The Morgan fingerprint density at radius 1 is 1.14 bits per heavy atom. The molecule has 0 saturated carbocycles. The smallest absolute Gasteiger partial charge is 0.321 e. The molecule has 0 aromatic heterocycles. The molecule has 0 atom stereocenters. The first-order valence-corrected chi connectivity index (χ1v) is 9.66. The number of nitrogens with one attached hydrogen (secondary N) is 1. The predicted molar refractivity (Wildman–Crippen MR) is 100 cm³/mol. The van der Waals surface area contributed by atoms with Crippen molar-refractivity contribution in [2.45, 2.75) is 18.4 Å². The number of aryl methyl sites for hydroxylation is 1. The second-order valence-electron chi connectivity index (χ2n) is 5.73. The van der Waals surface area contributed by atoms with Crippen molar-refractivity contribution >= 4 is 16.0 Å². The summed E-state index contributed by atoms with van der Waals surface area (Å²) < 4.78 is 42.3. The minimum absolute atomic E-state index is 0.00989. The highest BCUT2D eigenvalue weighted by atomic mass is 32.2. The molecule has 0 bridgehead atoms. The number of esters is 1. The van der Waals surface area contributed by atoms with Crippen LogP contribution in [0.1, 0.15) is 16.7 Å². The lowest BCUT2D eigenvalue weighted by atomic mass is 10.1. The maximum absolute atomic E-state index is 12.3. The number of sulfonamides is 1. The van der Waals surface area contributed by atoms with E-state index < -0.39 is 22.5 Å². The van der Waals surface area contributed by atoms with Crippen molar-refractivity contribution < 1.29 is 27.4 Å². The zero-order valence-corrected chi connectivity index (χ0v) is 16.5. The van der Waals surface area contributed by atoms with Gasteiger partial charge in [-0.05, 0) is 42.3 Å². The molecule has 9 heteroatoms. The molecule has 0 radical (unpaired) electrons. The van der Waals surface area contributed by atoms with E-state index in [4.69, 9.17) is 19.5 Å². The van der Waals surface area contributed by atoms with Gasteiger partial charge in [0.1, 0.15) is 19.2 Å². The van der Waals surface area contributed by atoms with Crippen molar-refractivity contribution in [2.24, 2.45) is 0 Å². The molecular weight excluding hydrogens is 384 g/mol. The Morgan fingerprint density at radius 2 is 1.79 bits per heavy atom. The molecule has 0 fully saturated rings. The summed E-state index contributed by atoms with van der Waals surface area (Å²) in [6, 6.07) is 11.0. The summed E-state index contributed by atoms with van der Waals surface area (Å²) in [4.78, 5) is 11.8. The van der Waals surface area contributed by atoms with Gasteiger partial charge in [-0.3, -0.25) is 4.79 Å². The lowest BCUT2D eigenvalue weighted by Gasteiger charge is -2.13. The fraction of sp³-hybridized carbons (Fsp3) is 0.263. The van der Waals surface area contributed by atoms with Gasteiger partial charge in [0.2, 0.25) is 10.0 Å². The Morgan fingerprint density at radius 3 is 2.43 bits per heavy atom. The van der Waals surface area contributed by atoms with Crippen LogP contribution in [0.2, 0.25) is 0 Å². The molecule has 0 saturated heterocycles. The normalized spacial score (nSPS) is 10.8. The van der Waals surface area contributed by atoms with Gasteiger partial charge in [0.15, 0.2) is 11.5 Å². The molecule has 1 N–H and O–H groups in total. The quantitative estimate of drug-likeness (QED) is 0.668. The zero-order chi connectivity index (χ0) is 20.7. The van der Waals surface area contributed by atoms with Crippen LogP contribution in [0.3, 0.4) is 0 Å². The third-order valence-electron chi connectivity index (χ3n) is 3.93. The number of methoxy groups -OCH3 is 2. The summed E-state index contributed by atoms with van der Waals surface area (Å²) in [5.41, 5.74) is 1.52. The third kappa shape index (κ3) is 5.00. The van der Waals surface area contributed by atoms with E-state index in [1.807, 2.05) is 6.92 Å². The molecule has 2 aromatic rings. The molecular formula is C19H20N2O6S. The van der Waals surface area contributed by atoms with Gasteiger partial charge < -0.3 is 14.2 Å². The zero-order valence-electron chi connectivity index (χ0n) is 15.7. The molecule has 28 heavy (non-hydrogen) atoms. The molecule has 2 aromatic carbocycles. The van der Waals surface area contributed by atoms with E-state index in [0.717, 1.165) is 5.56 Å². The first-order valence-electron chi connectivity index (χ1n) is 8.18. The van der Waals surface area contributed by atoms with E-state index in [2.05, 4.69) is 4.72 Å². The number of carbonyl (C=O) groups excluding carboxylic acids is 1. The van der Waals surface area contributed by atoms with E-state index in [-0.39, 0.29) is 17.1 Å². The van der Waals surface area contributed by atoms with Crippen LogP contribution in [0.4, 0.5) is 0 Å². The first-order chi connectivity index (χ1) is 13.3. The lowest BCUT2D eigenvalue weighted by Crippen LogP contribution is -2.31. The molecule has 0 unspecified atom stereocenters. The van der Waals surface area contributed by atoms with Crippen LogP contribution in [0.15, 0.2) is 41.3 Å². The summed E-state index contributed by atoms with van der Waals surface area (Å²) in [6.07, 6.45) is 0. The van der Waals surface area contributed by atoms with Crippen LogP contribution in [-0.4, -0.2) is 35.2 Å². The Labute approximate surface area is 163 Å². The van der Waals surface area contributed by atoms with Crippen molar-refractivity contribution in [3.63, 3.8) is 0 Å². The van der Waals surface area contributed by atoms with Crippen LogP contribution in [-0.2, 0) is 26.2 Å². The van der Waals surface area contributed by atoms with Gasteiger partial charge in [-0.25, -0.2) is 8.42 Å². The number of rotatable bonds is 8. The Kier molecular flexibility index (Phi) is 6.98. The summed E-state index contributed by atoms with van der Waals surface area (Å²) in [5.74, 6) is 0.291. The van der Waals surface area contributed by atoms with Crippen LogP contribution in [0, 0.1) is 18.3 Å². The highest BCUT2D eigenvalue weighted by molar-refractivity contribution is 7.89. The summed E-state index contributed by atoms with van der Waals surface area (Å²) in [5, 5.41) is 9.02. The number of carbonyl (C=O) groups is 1. The highest BCUT2D eigenvalue weighted by Crippen LogP contribution is 2.30. The fourth-order valence-electron chi connectivity index (χ4n) is 2.41. The molecule has 8 nitrogen and oxygen atoms in total. The summed E-state index contributed by atoms with van der Waals surface area (Å²) in [7, 11) is -1.00. The van der Waals surface area contributed by atoms with Gasteiger partial charge in [0.05, 0.1) is 24.7 Å². The second-order valence-corrected chi connectivity index (χ2v) is 7.46. The van der Waals surface area contributed by atoms with E-state index in [0.29, 0.717) is 17.1 Å². The molecule has 2 rings (SSSR count). The van der Waals surface area contributed by atoms with Crippen molar-refractivity contribution in [3.8, 4) is 17.6 Å². The molecule has 0 aliphatic carbocycles. The number of nitrogens with zero attached hydrogens (tertiary/aromatic N) is 1. The van der Waals surface area contributed by atoms with Crippen LogP contribution < -0.4 is 14.2 Å². The van der Waals surface area contributed by atoms with E-state index in [9.17, 15) is 13.2 Å². The number of hydrogen-bond donors (Lipinski definition) is 1. The Hall–Kier alpha value is -3.09. The minimum atomic E-state index is -4.02. The molecule has 148 valence electrons. The fourth-order valence-corrected chi connectivity index (χ4v) is 3.54. The number of ether oxygens (including phenoxy) is 3. The van der Waals surface area contributed by atoms with E-state index in [1.165, 1.54) is 32.4 Å². The van der Waals surface area contributed by atoms with Gasteiger partial charge in [0, 0.05) is 0 Å². The molecule has 0 heterocycles. The van der Waals surface area contributed by atoms with Gasteiger partial charge in [-0.1, -0.05) is 12.1 Å². The average molecular weight is 404 g/mol. The largest absolute Gasteiger partial charge is 0.493 e. The molecule has 0 spiro atoms. The lowest BCUT2D eigenvalue weighted by molar-refractivity contribution is -0.143. The van der Waals surface area contributed by atoms with Crippen LogP contribution in [0.5, 0.6) is 11.5 Å². The first kappa shape index (κ1) is 21.2. The number of hydrogen-bond acceptors (Lipinski definition) is 7. The minimum Gasteiger partial charge on any atom is -0.493 e. The SMILES string of the molecule is COc1cc(C)c(COC(=O)CNS(=O)(=O)c2ccccc2C#N)cc1OC. The van der Waals surface area contributed by atoms with Crippen molar-refractivity contribution in [1.29, 1.82) is 5.26 Å². The summed E-state index contributed by atoms with van der Waals surface area (Å²) >= 11 is 0. The monoisotopic (exact) mass is 404 g/mol. The maximum Gasteiger partial charge on any atom is 0.321 e. The number of benzene rings is 2. The molecule has 0 amide bonds. The standard InChI is InChI=1S/C19H20N2O6S/c1-13-8-16(25-2)17(26-3)9-15(13)12-27-19(22)11-21-28(23,24)18-7-5-4-6-14(18)10-20/h4-9,21H,11-12H2,1-3H3. The average Bonchev–Trinajstić information content (AvgIpc) is 2.71. The molecule has 0 aliphatic rings. The molecule has 0 aliphatic heterocycles. The van der Waals surface area contributed by atoms with Crippen molar-refractivity contribution in [2.75, 3.05) is 20.8 Å². The highest BCUT2D eigenvalue weighted by Gasteiger charge is 2.20. The summed E-state index contributed by atoms with van der Waals surface area (Å²) in [6.45, 7) is 1.21. The maximum atomic E-state index is 12.3. The van der Waals surface area contributed by atoms with E-state index >= 15 is 0 Å². The van der Waals surface area contributed by atoms with Crippen LogP contribution >= 0.6 is 0 Å².